The van der Waals surface area contributed by atoms with Crippen molar-refractivity contribution in [3.8, 4) is 11.1 Å². The van der Waals surface area contributed by atoms with Gasteiger partial charge in [-0.3, -0.25) is 0 Å². The first kappa shape index (κ1) is 33.1. The Hall–Kier alpha value is -1.13. The molecule has 0 bridgehead atoms. The lowest BCUT2D eigenvalue weighted by molar-refractivity contribution is 0.800. The van der Waals surface area contributed by atoms with E-state index in [2.05, 4.69) is 90.1 Å². The predicted octanol–water partition coefficient (Wildman–Crippen LogP) is 11.5. The van der Waals surface area contributed by atoms with Crippen LogP contribution < -0.4 is 10.4 Å². The molecule has 0 saturated carbocycles. The number of hydrogen-bond donors (Lipinski definition) is 0. The van der Waals surface area contributed by atoms with E-state index >= 15 is 0 Å². The molecule has 0 fully saturated rings. The van der Waals surface area contributed by atoms with Crippen molar-refractivity contribution in [1.82, 2.24) is 0 Å². The van der Waals surface area contributed by atoms with Crippen LogP contribution in [0.1, 0.15) is 119 Å². The Bertz CT molecular complexity index is 769. The molecule has 2 aromatic carbocycles. The van der Waals surface area contributed by atoms with E-state index in [9.17, 15) is 0 Å². The van der Waals surface area contributed by atoms with Crippen LogP contribution in [-0.2, 0) is 0 Å². The second kappa shape index (κ2) is 18.3. The van der Waals surface area contributed by atoms with Gasteiger partial charge in [-0.05, 0) is 11.1 Å². The minimum Gasteiger partial charge on any atom is -0.0654 e. The first-order valence-corrected chi connectivity index (χ1v) is 22.0. The fraction of sp³-hybridized carbons (Fsp3) is 0.667. The van der Waals surface area contributed by atoms with E-state index in [0.29, 0.717) is 0 Å². The lowest BCUT2D eigenvalue weighted by Crippen LogP contribution is -2.48. The third-order valence-corrected chi connectivity index (χ3v) is 20.3. The molecule has 0 nitrogen and oxygen atoms in total. The molecular weight excluding hydrogens is 489 g/mol. The van der Waals surface area contributed by atoms with Gasteiger partial charge in [0.15, 0.2) is 0 Å². The van der Waals surface area contributed by atoms with Crippen LogP contribution in [0.25, 0.3) is 11.1 Å². The summed E-state index contributed by atoms with van der Waals surface area (Å²) in [5, 5.41) is 3.50. The summed E-state index contributed by atoms with van der Waals surface area (Å²) in [6.07, 6.45) is 16.4. The number of benzene rings is 2. The molecule has 0 aliphatic rings. The van der Waals surface area contributed by atoms with Crippen molar-refractivity contribution in [2.75, 3.05) is 0 Å². The van der Waals surface area contributed by atoms with Crippen LogP contribution in [0.3, 0.4) is 0 Å². The summed E-state index contributed by atoms with van der Waals surface area (Å²) in [6, 6.07) is 28.9. The standard InChI is InChI=1S/C36H62Si2/c1-7-13-25-37(26-14-8-2,27-15-9-3)35-23-19-21-33(31-35)34-22-20-24-36(32-34)38(28-16-10-4,29-17-11-5)30-18-12-6/h19-24,31-32H,7-18,25-30H2,1-6H3. The van der Waals surface area contributed by atoms with Crippen molar-refractivity contribution in [3.05, 3.63) is 48.5 Å². The maximum atomic E-state index is 2.67. The largest absolute Gasteiger partial charge is 0.0867 e. The highest BCUT2D eigenvalue weighted by atomic mass is 28.3. The number of rotatable bonds is 21. The fourth-order valence-corrected chi connectivity index (χ4v) is 18.0. The van der Waals surface area contributed by atoms with Crippen molar-refractivity contribution in [2.24, 2.45) is 0 Å². The van der Waals surface area contributed by atoms with Crippen molar-refractivity contribution in [1.29, 1.82) is 0 Å². The Labute approximate surface area is 240 Å². The molecule has 0 radical (unpaired) electrons. The van der Waals surface area contributed by atoms with Crippen LogP contribution >= 0.6 is 0 Å². The zero-order chi connectivity index (χ0) is 27.7. The number of hydrogen-bond acceptors (Lipinski definition) is 0. The van der Waals surface area contributed by atoms with Gasteiger partial charge in [-0.2, -0.15) is 0 Å². The predicted molar refractivity (Wildman–Crippen MR) is 181 cm³/mol. The molecule has 0 N–H and O–H groups in total. The van der Waals surface area contributed by atoms with Crippen molar-refractivity contribution in [3.63, 3.8) is 0 Å². The maximum absolute atomic E-state index is 2.67. The van der Waals surface area contributed by atoms with Crippen molar-refractivity contribution < 1.29 is 0 Å². The van der Waals surface area contributed by atoms with Crippen LogP contribution in [0.5, 0.6) is 0 Å². The topological polar surface area (TPSA) is 0 Å². The minimum absolute atomic E-state index is 1.33. The highest BCUT2D eigenvalue weighted by Crippen LogP contribution is 2.32. The molecule has 0 saturated heterocycles. The summed E-state index contributed by atoms with van der Waals surface area (Å²) in [5.41, 5.74) is 2.96. The Kier molecular flexibility index (Phi) is 15.9. The maximum Gasteiger partial charge on any atom is 0.0867 e. The first-order chi connectivity index (χ1) is 18.5. The second-order valence-electron chi connectivity index (χ2n) is 12.3. The summed E-state index contributed by atoms with van der Waals surface area (Å²) in [6.45, 7) is 14.3. The van der Waals surface area contributed by atoms with Gasteiger partial charge in [-0.15, -0.1) is 0 Å². The molecular formula is C36H62Si2. The normalized spacial score (nSPS) is 12.3. The van der Waals surface area contributed by atoms with E-state index in [1.807, 2.05) is 0 Å². The number of unbranched alkanes of at least 4 members (excludes halogenated alkanes) is 6. The average molecular weight is 551 g/mol. The third-order valence-electron chi connectivity index (χ3n) is 9.34. The van der Waals surface area contributed by atoms with Crippen LogP contribution in [0.15, 0.2) is 48.5 Å². The van der Waals surface area contributed by atoms with Gasteiger partial charge in [0.2, 0.25) is 0 Å². The van der Waals surface area contributed by atoms with Crippen LogP contribution in [-0.4, -0.2) is 16.1 Å². The van der Waals surface area contributed by atoms with Crippen LogP contribution in [0.4, 0.5) is 0 Å². The summed E-state index contributed by atoms with van der Waals surface area (Å²) in [7, 11) is -2.99. The van der Waals surface area contributed by atoms with Crippen LogP contribution in [0.2, 0.25) is 36.3 Å². The molecule has 38 heavy (non-hydrogen) atoms. The zero-order valence-corrected chi connectivity index (χ0v) is 28.3. The lowest BCUT2D eigenvalue weighted by Gasteiger charge is -2.34. The highest BCUT2D eigenvalue weighted by Gasteiger charge is 2.35. The summed E-state index contributed by atoms with van der Waals surface area (Å²) in [4.78, 5) is 0. The van der Waals surface area contributed by atoms with Crippen molar-refractivity contribution in [2.45, 2.75) is 155 Å². The van der Waals surface area contributed by atoms with Gasteiger partial charge in [-0.25, -0.2) is 0 Å². The van der Waals surface area contributed by atoms with E-state index in [1.165, 1.54) is 124 Å². The fourth-order valence-electron chi connectivity index (χ4n) is 6.76. The molecule has 0 spiro atoms. The zero-order valence-electron chi connectivity index (χ0n) is 26.3. The molecule has 0 aliphatic heterocycles. The molecule has 214 valence electrons. The van der Waals surface area contributed by atoms with Gasteiger partial charge in [-0.1, -0.05) is 214 Å². The lowest BCUT2D eigenvalue weighted by atomic mass is 10.1. The molecule has 0 unspecified atom stereocenters. The first-order valence-electron chi connectivity index (χ1n) is 16.8. The molecule has 2 aromatic rings. The summed E-state index contributed by atoms with van der Waals surface area (Å²) < 4.78 is 0. The summed E-state index contributed by atoms with van der Waals surface area (Å²) in [5.74, 6) is 0. The SMILES string of the molecule is CCCC[Si](CCCC)(CCCC)c1cccc(-c2cccc([Si](CCCC)(CCCC)CCCC)c2)c1. The Morgan fingerprint density at radius 1 is 0.395 bits per heavy atom. The van der Waals surface area contributed by atoms with Crippen molar-refractivity contribution >= 4 is 26.5 Å². The molecule has 0 atom stereocenters. The monoisotopic (exact) mass is 550 g/mol. The van der Waals surface area contributed by atoms with E-state index in [-0.39, 0.29) is 0 Å². The minimum atomic E-state index is -1.49. The van der Waals surface area contributed by atoms with E-state index in [4.69, 9.17) is 0 Å². The van der Waals surface area contributed by atoms with Gasteiger partial charge in [0.1, 0.15) is 0 Å². The van der Waals surface area contributed by atoms with E-state index in [1.54, 1.807) is 10.4 Å². The Morgan fingerprint density at radius 3 is 0.895 bits per heavy atom. The summed E-state index contributed by atoms with van der Waals surface area (Å²) >= 11 is 0. The quantitative estimate of drug-likeness (QED) is 0.136. The molecule has 0 aromatic heterocycles. The average Bonchev–Trinajstić information content (AvgIpc) is 2.97. The molecule has 0 heterocycles. The highest BCUT2D eigenvalue weighted by molar-refractivity contribution is 6.92. The molecule has 2 heteroatoms. The van der Waals surface area contributed by atoms with Gasteiger partial charge in [0.05, 0.1) is 16.1 Å². The van der Waals surface area contributed by atoms with Gasteiger partial charge < -0.3 is 0 Å². The molecule has 0 aliphatic carbocycles. The van der Waals surface area contributed by atoms with Gasteiger partial charge >= 0.3 is 0 Å². The third kappa shape index (κ3) is 9.51. The Morgan fingerprint density at radius 2 is 0.658 bits per heavy atom. The Balaban J connectivity index is 2.55. The second-order valence-corrected chi connectivity index (χ2v) is 21.6. The van der Waals surface area contributed by atoms with Gasteiger partial charge in [0, 0.05) is 0 Å². The van der Waals surface area contributed by atoms with E-state index < -0.39 is 16.1 Å². The van der Waals surface area contributed by atoms with E-state index in [0.717, 1.165) is 0 Å². The van der Waals surface area contributed by atoms with Crippen LogP contribution in [0, 0.1) is 0 Å². The molecule has 2 rings (SSSR count). The van der Waals surface area contributed by atoms with Gasteiger partial charge in [0.25, 0.3) is 0 Å². The molecule has 0 amide bonds. The smallest absolute Gasteiger partial charge is 0.0654 e.